The van der Waals surface area contributed by atoms with Gasteiger partial charge in [-0.3, -0.25) is 0 Å². The molecule has 3 nitrogen and oxygen atoms in total. The van der Waals surface area contributed by atoms with Crippen molar-refractivity contribution in [3.05, 3.63) is 29.6 Å². The number of hydrogen-bond acceptors (Lipinski definition) is 3. The second-order valence-electron chi connectivity index (χ2n) is 4.89. The van der Waals surface area contributed by atoms with E-state index in [1.165, 1.54) is 0 Å². The number of aromatic nitrogens is 2. The van der Waals surface area contributed by atoms with Crippen LogP contribution < -0.4 is 0 Å². The first-order valence-corrected chi connectivity index (χ1v) is 8.36. The Morgan fingerprint density at radius 2 is 2.20 bits per heavy atom. The maximum Gasteiger partial charge on any atom is 0.127 e. The number of alkyl halides is 1. The molecule has 20 heavy (non-hydrogen) atoms. The lowest BCUT2D eigenvalue weighted by molar-refractivity contribution is 0.623. The van der Waals surface area contributed by atoms with Crippen LogP contribution in [0.2, 0.25) is 0 Å². The zero-order valence-corrected chi connectivity index (χ0v) is 13.5. The molecule has 5 heteroatoms. The smallest absolute Gasteiger partial charge is 0.127 e. The van der Waals surface area contributed by atoms with E-state index in [9.17, 15) is 0 Å². The van der Waals surface area contributed by atoms with Gasteiger partial charge in [0.25, 0.3) is 0 Å². The Kier molecular flexibility index (Phi) is 4.95. The fraction of sp³-hybridized carbons (Fsp3) is 0.467. The van der Waals surface area contributed by atoms with Gasteiger partial charge in [-0.15, -0.1) is 11.6 Å². The largest absolute Gasteiger partial charge is 0.327 e. The van der Waals surface area contributed by atoms with Crippen LogP contribution in [-0.2, 0) is 6.54 Å². The number of aryl methyl sites for hydroxylation is 1. The van der Waals surface area contributed by atoms with Crippen LogP contribution in [0.1, 0.15) is 37.0 Å². The average molecular weight is 308 g/mol. The number of imidazole rings is 1. The van der Waals surface area contributed by atoms with Crippen molar-refractivity contribution < 1.29 is 0 Å². The fourth-order valence-electron chi connectivity index (χ4n) is 2.18. The molecule has 0 aliphatic heterocycles. The predicted molar refractivity (Wildman–Crippen MR) is 86.3 cm³/mol. The molecule has 0 spiro atoms. The van der Waals surface area contributed by atoms with Crippen LogP contribution in [0, 0.1) is 11.3 Å². The number of nitriles is 1. The number of hydrogen-bond donors (Lipinski definition) is 0. The molecule has 106 valence electrons. The van der Waals surface area contributed by atoms with Gasteiger partial charge < -0.3 is 4.57 Å². The lowest BCUT2D eigenvalue weighted by atomic mass is 10.2. The van der Waals surface area contributed by atoms with Crippen LogP contribution >= 0.6 is 23.4 Å². The van der Waals surface area contributed by atoms with Crippen molar-refractivity contribution in [2.75, 3.05) is 6.26 Å². The Labute approximate surface area is 128 Å². The molecule has 0 aliphatic carbocycles. The summed E-state index contributed by atoms with van der Waals surface area (Å²) in [6.45, 7) is 5.02. The van der Waals surface area contributed by atoms with E-state index in [-0.39, 0.29) is 5.38 Å². The predicted octanol–water partition coefficient (Wildman–Crippen LogP) is 4.35. The van der Waals surface area contributed by atoms with E-state index in [1.807, 2.05) is 30.8 Å². The maximum atomic E-state index is 9.05. The molecule has 2 unspecified atom stereocenters. The van der Waals surface area contributed by atoms with Crippen LogP contribution in [0.25, 0.3) is 11.0 Å². The van der Waals surface area contributed by atoms with Gasteiger partial charge in [0, 0.05) is 11.8 Å². The highest BCUT2D eigenvalue weighted by molar-refractivity contribution is 7.99. The molecule has 0 radical (unpaired) electrons. The first-order chi connectivity index (χ1) is 9.56. The standard InChI is InChI=1S/C15H18ClN3S/c1-10(20-3)6-7-19-14-8-12(9-17)4-5-13(14)18-15(19)11(2)16/h4-5,8,10-11H,6-7H2,1-3H3. The van der Waals surface area contributed by atoms with Crippen LogP contribution in [0.5, 0.6) is 0 Å². The first-order valence-electron chi connectivity index (χ1n) is 6.64. The summed E-state index contributed by atoms with van der Waals surface area (Å²) in [5, 5.41) is 9.50. The van der Waals surface area contributed by atoms with Gasteiger partial charge in [0.15, 0.2) is 0 Å². The number of thioether (sulfide) groups is 1. The summed E-state index contributed by atoms with van der Waals surface area (Å²) >= 11 is 8.10. The topological polar surface area (TPSA) is 41.6 Å². The summed E-state index contributed by atoms with van der Waals surface area (Å²) in [7, 11) is 0. The third kappa shape index (κ3) is 3.11. The van der Waals surface area contributed by atoms with Gasteiger partial charge in [0.2, 0.25) is 0 Å². The third-order valence-electron chi connectivity index (χ3n) is 3.42. The lowest BCUT2D eigenvalue weighted by Crippen LogP contribution is -2.08. The van der Waals surface area contributed by atoms with Gasteiger partial charge in [-0.25, -0.2) is 4.98 Å². The van der Waals surface area contributed by atoms with Crippen LogP contribution in [0.3, 0.4) is 0 Å². The number of benzene rings is 1. The Balaban J connectivity index is 2.46. The molecule has 0 amide bonds. The van der Waals surface area contributed by atoms with Crippen LogP contribution in [0.15, 0.2) is 18.2 Å². The summed E-state index contributed by atoms with van der Waals surface area (Å²) in [6, 6.07) is 7.77. The maximum absolute atomic E-state index is 9.05. The van der Waals surface area contributed by atoms with E-state index in [2.05, 4.69) is 28.8 Å². The summed E-state index contributed by atoms with van der Waals surface area (Å²) < 4.78 is 2.15. The van der Waals surface area contributed by atoms with E-state index in [0.717, 1.165) is 29.8 Å². The molecule has 1 heterocycles. The minimum absolute atomic E-state index is 0.141. The summed E-state index contributed by atoms with van der Waals surface area (Å²) in [5.41, 5.74) is 2.56. The number of fused-ring (bicyclic) bond motifs is 1. The summed E-state index contributed by atoms with van der Waals surface area (Å²) in [5.74, 6) is 0.880. The van der Waals surface area contributed by atoms with Crippen molar-refractivity contribution >= 4 is 34.4 Å². The molecule has 2 rings (SSSR count). The second kappa shape index (κ2) is 6.51. The molecule has 0 saturated carbocycles. The SMILES string of the molecule is CSC(C)CCn1c(C(C)Cl)nc2ccc(C#N)cc21. The highest BCUT2D eigenvalue weighted by atomic mass is 35.5. The Morgan fingerprint density at radius 1 is 1.45 bits per heavy atom. The van der Waals surface area contributed by atoms with Gasteiger partial charge in [0.05, 0.1) is 28.0 Å². The highest BCUT2D eigenvalue weighted by Gasteiger charge is 2.15. The van der Waals surface area contributed by atoms with Crippen molar-refractivity contribution in [1.82, 2.24) is 9.55 Å². The number of halogens is 1. The van der Waals surface area contributed by atoms with Crippen molar-refractivity contribution in [3.63, 3.8) is 0 Å². The van der Waals surface area contributed by atoms with Gasteiger partial charge in [-0.2, -0.15) is 17.0 Å². The molecule has 1 aromatic carbocycles. The lowest BCUT2D eigenvalue weighted by Gasteiger charge is -2.13. The molecule has 2 aromatic rings. The van der Waals surface area contributed by atoms with E-state index in [1.54, 1.807) is 6.07 Å². The monoisotopic (exact) mass is 307 g/mol. The molecular weight excluding hydrogens is 290 g/mol. The van der Waals surface area contributed by atoms with Gasteiger partial charge in [-0.05, 0) is 37.8 Å². The molecular formula is C15H18ClN3S. The Bertz CT molecular complexity index is 642. The third-order valence-corrected chi connectivity index (χ3v) is 4.66. The van der Waals surface area contributed by atoms with E-state index < -0.39 is 0 Å². The minimum Gasteiger partial charge on any atom is -0.327 e. The zero-order valence-electron chi connectivity index (χ0n) is 11.9. The Hall–Kier alpha value is -1.18. The summed E-state index contributed by atoms with van der Waals surface area (Å²) in [6.07, 6.45) is 3.18. The summed E-state index contributed by atoms with van der Waals surface area (Å²) in [4.78, 5) is 4.61. The van der Waals surface area contributed by atoms with Crippen molar-refractivity contribution in [3.8, 4) is 6.07 Å². The molecule has 0 aliphatic rings. The average Bonchev–Trinajstić information content (AvgIpc) is 2.82. The van der Waals surface area contributed by atoms with Crippen LogP contribution in [-0.4, -0.2) is 21.1 Å². The molecule has 0 bridgehead atoms. The van der Waals surface area contributed by atoms with Crippen LogP contribution in [0.4, 0.5) is 0 Å². The quantitative estimate of drug-likeness (QED) is 0.771. The number of rotatable bonds is 5. The molecule has 0 N–H and O–H groups in total. The van der Waals surface area contributed by atoms with Crippen molar-refractivity contribution in [2.45, 2.75) is 37.4 Å². The van der Waals surface area contributed by atoms with E-state index >= 15 is 0 Å². The molecule has 0 fully saturated rings. The van der Waals surface area contributed by atoms with Gasteiger partial charge in [-0.1, -0.05) is 6.92 Å². The van der Waals surface area contributed by atoms with Gasteiger partial charge in [0.1, 0.15) is 5.82 Å². The first kappa shape index (κ1) is 15.2. The Morgan fingerprint density at radius 3 is 2.80 bits per heavy atom. The van der Waals surface area contributed by atoms with E-state index in [0.29, 0.717) is 10.8 Å². The zero-order chi connectivity index (χ0) is 14.7. The fourth-order valence-corrected chi connectivity index (χ4v) is 2.69. The van der Waals surface area contributed by atoms with Gasteiger partial charge >= 0.3 is 0 Å². The normalized spacial score (nSPS) is 14.2. The highest BCUT2D eigenvalue weighted by Crippen LogP contribution is 2.26. The molecule has 0 saturated heterocycles. The number of nitrogens with zero attached hydrogens (tertiary/aromatic N) is 3. The minimum atomic E-state index is -0.141. The second-order valence-corrected chi connectivity index (χ2v) is 6.82. The van der Waals surface area contributed by atoms with Crippen molar-refractivity contribution in [2.24, 2.45) is 0 Å². The van der Waals surface area contributed by atoms with E-state index in [4.69, 9.17) is 16.9 Å². The molecule has 2 atom stereocenters. The molecule has 1 aromatic heterocycles. The van der Waals surface area contributed by atoms with Crippen molar-refractivity contribution in [1.29, 1.82) is 5.26 Å².